The molecule has 0 saturated carbocycles. The van der Waals surface area contributed by atoms with E-state index in [0.29, 0.717) is 6.54 Å². The van der Waals surface area contributed by atoms with Crippen molar-refractivity contribution in [2.45, 2.75) is 24.2 Å². The number of anilines is 1. The van der Waals surface area contributed by atoms with Gasteiger partial charge >= 0.3 is 0 Å². The molecule has 0 aromatic heterocycles. The zero-order valence-electron chi connectivity index (χ0n) is 15.3. The minimum Gasteiger partial charge on any atom is -0.384 e. The van der Waals surface area contributed by atoms with Gasteiger partial charge in [0.1, 0.15) is 4.90 Å². The van der Waals surface area contributed by atoms with Crippen molar-refractivity contribution in [2.75, 3.05) is 11.9 Å². The van der Waals surface area contributed by atoms with Gasteiger partial charge in [0.2, 0.25) is 5.91 Å². The molecular formula is C19H21N3O5S. The summed E-state index contributed by atoms with van der Waals surface area (Å²) < 4.78 is 27.4. The normalized spacial score (nSPS) is 12.0. The van der Waals surface area contributed by atoms with Crippen LogP contribution in [-0.4, -0.2) is 25.8 Å². The number of nitrogens with zero attached hydrogens (tertiary/aromatic N) is 1. The van der Waals surface area contributed by atoms with Crippen molar-refractivity contribution in [1.82, 2.24) is 4.72 Å². The van der Waals surface area contributed by atoms with E-state index >= 15 is 0 Å². The Hall–Kier alpha value is -3.20. The highest BCUT2D eigenvalue weighted by molar-refractivity contribution is 7.90. The molecule has 2 N–H and O–H groups in total. The van der Waals surface area contributed by atoms with Gasteiger partial charge in [-0.2, -0.15) is 0 Å². The van der Waals surface area contributed by atoms with Crippen LogP contribution in [0.2, 0.25) is 0 Å². The average Bonchev–Trinajstić information content (AvgIpc) is 2.66. The summed E-state index contributed by atoms with van der Waals surface area (Å²) in [6.45, 7) is 5.86. The number of rotatable bonds is 9. The van der Waals surface area contributed by atoms with E-state index in [1.165, 1.54) is 12.1 Å². The molecule has 2 rings (SSSR count). The second-order valence-corrected chi connectivity index (χ2v) is 7.60. The van der Waals surface area contributed by atoms with E-state index in [4.69, 9.17) is 0 Å². The maximum atomic E-state index is 12.7. The predicted molar refractivity (Wildman–Crippen MR) is 107 cm³/mol. The Bertz CT molecular complexity index is 974. The molecule has 2 aromatic carbocycles. The van der Waals surface area contributed by atoms with Crippen LogP contribution in [0.4, 0.5) is 11.4 Å². The molecule has 1 atom stereocenters. The summed E-state index contributed by atoms with van der Waals surface area (Å²) in [5.41, 5.74) is 0.619. The van der Waals surface area contributed by atoms with Crippen molar-refractivity contribution in [1.29, 1.82) is 0 Å². The van der Waals surface area contributed by atoms with Gasteiger partial charge in [0.25, 0.3) is 15.7 Å². The molecule has 2 aromatic rings. The minimum absolute atomic E-state index is 0.127. The predicted octanol–water partition coefficient (Wildman–Crippen LogP) is 3.19. The molecule has 0 bridgehead atoms. The molecule has 0 saturated heterocycles. The number of allylic oxidation sites excluding steroid dienone is 1. The standard InChI is InChI=1S/C19H21N3O5S/c1-3-14(15-8-6-5-7-9-15)12-19(23)21-28(26,27)18-13-16(22(24)25)10-11-17(18)20-4-2/h3,5-11,13-14,20H,1,4,12H2,2H3,(H,21,23)/t14-/m1/s1. The number of nitro groups is 1. The van der Waals surface area contributed by atoms with Crippen LogP contribution in [0.1, 0.15) is 24.8 Å². The summed E-state index contributed by atoms with van der Waals surface area (Å²) in [5, 5.41) is 13.8. The molecule has 8 nitrogen and oxygen atoms in total. The third-order valence-corrected chi connectivity index (χ3v) is 5.41. The van der Waals surface area contributed by atoms with Crippen molar-refractivity contribution in [2.24, 2.45) is 0 Å². The van der Waals surface area contributed by atoms with E-state index in [0.717, 1.165) is 11.6 Å². The van der Waals surface area contributed by atoms with Gasteiger partial charge in [-0.05, 0) is 18.6 Å². The minimum atomic E-state index is -4.31. The van der Waals surface area contributed by atoms with Crippen molar-refractivity contribution in [3.8, 4) is 0 Å². The number of sulfonamides is 1. The highest BCUT2D eigenvalue weighted by Crippen LogP contribution is 2.27. The smallest absolute Gasteiger partial charge is 0.270 e. The largest absolute Gasteiger partial charge is 0.384 e. The number of amides is 1. The number of nitro benzene ring substituents is 1. The number of benzene rings is 2. The van der Waals surface area contributed by atoms with E-state index in [2.05, 4.69) is 11.9 Å². The van der Waals surface area contributed by atoms with Gasteiger partial charge in [-0.25, -0.2) is 13.1 Å². The van der Waals surface area contributed by atoms with Crippen LogP contribution in [0.15, 0.2) is 66.1 Å². The van der Waals surface area contributed by atoms with Crippen molar-refractivity contribution in [3.05, 3.63) is 76.9 Å². The molecule has 0 aliphatic heterocycles. The molecule has 28 heavy (non-hydrogen) atoms. The molecule has 0 spiro atoms. The Kier molecular flexibility index (Phi) is 6.89. The molecular weight excluding hydrogens is 382 g/mol. The highest BCUT2D eigenvalue weighted by atomic mass is 32.2. The fourth-order valence-electron chi connectivity index (χ4n) is 2.67. The first-order valence-corrected chi connectivity index (χ1v) is 10.0. The first kappa shape index (κ1) is 21.1. The van der Waals surface area contributed by atoms with E-state index in [-0.39, 0.29) is 28.6 Å². The second kappa shape index (κ2) is 9.14. The first-order chi connectivity index (χ1) is 13.3. The van der Waals surface area contributed by atoms with Crippen LogP contribution in [0.5, 0.6) is 0 Å². The molecule has 148 valence electrons. The molecule has 0 heterocycles. The number of carbonyl (C=O) groups is 1. The lowest BCUT2D eigenvalue weighted by molar-refractivity contribution is -0.385. The highest BCUT2D eigenvalue weighted by Gasteiger charge is 2.25. The van der Waals surface area contributed by atoms with Gasteiger partial charge < -0.3 is 5.32 Å². The summed E-state index contributed by atoms with van der Waals surface area (Å²) in [6.07, 6.45) is 1.44. The summed E-state index contributed by atoms with van der Waals surface area (Å²) in [4.78, 5) is 22.3. The number of non-ortho nitro benzene ring substituents is 1. The van der Waals surface area contributed by atoms with E-state index in [9.17, 15) is 23.3 Å². The molecule has 0 unspecified atom stereocenters. The number of hydrogen-bond acceptors (Lipinski definition) is 6. The van der Waals surface area contributed by atoms with Gasteiger partial charge in [-0.1, -0.05) is 36.4 Å². The van der Waals surface area contributed by atoms with Crippen molar-refractivity contribution in [3.63, 3.8) is 0 Å². The van der Waals surface area contributed by atoms with Gasteiger partial charge in [0.05, 0.1) is 10.6 Å². The number of nitrogens with one attached hydrogen (secondary N) is 2. The van der Waals surface area contributed by atoms with Crippen LogP contribution < -0.4 is 10.0 Å². The third kappa shape index (κ3) is 5.17. The number of hydrogen-bond donors (Lipinski definition) is 2. The zero-order chi connectivity index (χ0) is 20.7. The maximum Gasteiger partial charge on any atom is 0.270 e. The lowest BCUT2D eigenvalue weighted by Crippen LogP contribution is -2.32. The van der Waals surface area contributed by atoms with Gasteiger partial charge in [-0.3, -0.25) is 14.9 Å². The van der Waals surface area contributed by atoms with Crippen molar-refractivity contribution >= 4 is 27.3 Å². The Morgan fingerprint density at radius 2 is 1.93 bits per heavy atom. The molecule has 9 heteroatoms. The summed E-state index contributed by atoms with van der Waals surface area (Å²) in [6, 6.07) is 12.5. The quantitative estimate of drug-likeness (QED) is 0.377. The van der Waals surface area contributed by atoms with E-state index in [1.54, 1.807) is 13.0 Å². The first-order valence-electron chi connectivity index (χ1n) is 8.54. The molecule has 0 aliphatic rings. The lowest BCUT2D eigenvalue weighted by Gasteiger charge is -2.15. The summed E-state index contributed by atoms with van der Waals surface area (Å²) in [5.74, 6) is -1.10. The van der Waals surface area contributed by atoms with Gasteiger partial charge in [0.15, 0.2) is 0 Å². The van der Waals surface area contributed by atoms with Crippen LogP contribution >= 0.6 is 0 Å². The van der Waals surface area contributed by atoms with Gasteiger partial charge in [-0.15, -0.1) is 6.58 Å². The topological polar surface area (TPSA) is 118 Å². The molecule has 1 amide bonds. The second-order valence-electron chi connectivity index (χ2n) is 5.95. The summed E-state index contributed by atoms with van der Waals surface area (Å²) in [7, 11) is -4.31. The number of carbonyl (C=O) groups excluding carboxylic acids is 1. The van der Waals surface area contributed by atoms with Gasteiger partial charge in [0, 0.05) is 31.0 Å². The fourth-order valence-corrected chi connectivity index (χ4v) is 3.87. The Labute approximate surface area is 163 Å². The van der Waals surface area contributed by atoms with Crippen LogP contribution in [-0.2, 0) is 14.8 Å². The van der Waals surface area contributed by atoms with E-state index < -0.39 is 20.9 Å². The average molecular weight is 403 g/mol. The SMILES string of the molecule is C=C[C@H](CC(=O)NS(=O)(=O)c1cc([N+](=O)[O-])ccc1NCC)c1ccccc1. The lowest BCUT2D eigenvalue weighted by atomic mass is 9.96. The maximum absolute atomic E-state index is 12.7. The Morgan fingerprint density at radius 1 is 1.25 bits per heavy atom. The molecule has 0 aliphatic carbocycles. The molecule has 0 fully saturated rings. The third-order valence-electron chi connectivity index (χ3n) is 4.00. The molecule has 0 radical (unpaired) electrons. The monoisotopic (exact) mass is 403 g/mol. The Balaban J connectivity index is 2.27. The van der Waals surface area contributed by atoms with Crippen LogP contribution in [0, 0.1) is 10.1 Å². The zero-order valence-corrected chi connectivity index (χ0v) is 16.1. The Morgan fingerprint density at radius 3 is 2.50 bits per heavy atom. The fraction of sp³-hybridized carbons (Fsp3) is 0.211. The van der Waals surface area contributed by atoms with Crippen LogP contribution in [0.25, 0.3) is 0 Å². The van der Waals surface area contributed by atoms with E-state index in [1.807, 2.05) is 35.1 Å². The summed E-state index contributed by atoms with van der Waals surface area (Å²) >= 11 is 0. The van der Waals surface area contributed by atoms with Crippen LogP contribution in [0.3, 0.4) is 0 Å². The van der Waals surface area contributed by atoms with Crippen molar-refractivity contribution < 1.29 is 18.1 Å².